The summed E-state index contributed by atoms with van der Waals surface area (Å²) in [6, 6.07) is 3.69. The molecule has 0 saturated carbocycles. The second-order valence-electron chi connectivity index (χ2n) is 3.22. The Morgan fingerprint density at radius 2 is 2.20 bits per heavy atom. The van der Waals surface area contributed by atoms with Crippen molar-refractivity contribution in [2.24, 2.45) is 0 Å². The molecule has 0 aromatic carbocycles. The molecule has 0 aliphatic heterocycles. The van der Waals surface area contributed by atoms with E-state index < -0.39 is 6.10 Å². The molecule has 15 heavy (non-hydrogen) atoms. The largest absolute Gasteiger partial charge is 0.387 e. The summed E-state index contributed by atoms with van der Waals surface area (Å²) in [5.74, 6) is 0. The third-order valence-electron chi connectivity index (χ3n) is 2.01. The highest BCUT2D eigenvalue weighted by molar-refractivity contribution is 14.1. The maximum Gasteiger partial charge on any atom is 0.0931 e. The van der Waals surface area contributed by atoms with Crippen LogP contribution in [-0.4, -0.2) is 19.9 Å². The van der Waals surface area contributed by atoms with Gasteiger partial charge in [-0.3, -0.25) is 4.98 Å². The molecule has 1 N–H and O–H groups in total. The molecule has 1 atom stereocenters. The van der Waals surface area contributed by atoms with Crippen LogP contribution in [0.5, 0.6) is 0 Å². The minimum Gasteiger partial charge on any atom is -0.387 e. The average molecular weight is 315 g/mol. The summed E-state index contributed by atoms with van der Waals surface area (Å²) >= 11 is 2.20. The maximum absolute atomic E-state index is 9.30. The summed E-state index contributed by atoms with van der Waals surface area (Å²) < 4.78 is 2.83. The Balaban J connectivity index is 2.31. The molecule has 0 radical (unpaired) electrons. The predicted octanol–water partition coefficient (Wildman–Crippen LogP) is 1.93. The van der Waals surface area contributed by atoms with Crippen molar-refractivity contribution in [3.63, 3.8) is 0 Å². The Bertz CT molecular complexity index is 450. The van der Waals surface area contributed by atoms with Gasteiger partial charge in [0.05, 0.1) is 33.4 Å². The topological polar surface area (TPSA) is 50.9 Å². The molecule has 2 heterocycles. The minimum atomic E-state index is -0.531. The molecule has 5 heteroatoms. The summed E-state index contributed by atoms with van der Waals surface area (Å²) in [6.45, 7) is 1.69. The number of rotatable bonds is 2. The lowest BCUT2D eigenvalue weighted by Gasteiger charge is -2.04. The first-order valence-corrected chi connectivity index (χ1v) is 5.59. The molecule has 2 rings (SSSR count). The van der Waals surface area contributed by atoms with Crippen LogP contribution in [0.1, 0.15) is 18.7 Å². The van der Waals surface area contributed by atoms with Gasteiger partial charge in [-0.2, -0.15) is 5.10 Å². The maximum atomic E-state index is 9.30. The van der Waals surface area contributed by atoms with Crippen LogP contribution in [0, 0.1) is 3.57 Å². The van der Waals surface area contributed by atoms with E-state index in [1.165, 1.54) is 0 Å². The molecule has 2 aromatic rings. The molecule has 0 aliphatic rings. The summed E-state index contributed by atoms with van der Waals surface area (Å²) in [6.07, 6.45) is 4.87. The third-order valence-corrected chi connectivity index (χ3v) is 2.57. The fraction of sp³-hybridized carbons (Fsp3) is 0.200. The van der Waals surface area contributed by atoms with E-state index in [-0.39, 0.29) is 0 Å². The number of aliphatic hydroxyl groups is 1. The van der Waals surface area contributed by atoms with E-state index in [2.05, 4.69) is 32.7 Å². The Morgan fingerprint density at radius 1 is 1.40 bits per heavy atom. The van der Waals surface area contributed by atoms with Crippen molar-refractivity contribution in [3.05, 3.63) is 40.0 Å². The van der Waals surface area contributed by atoms with Crippen molar-refractivity contribution in [1.29, 1.82) is 0 Å². The number of halogens is 1. The molecule has 2 aromatic heterocycles. The zero-order valence-corrected chi connectivity index (χ0v) is 10.3. The van der Waals surface area contributed by atoms with E-state index in [4.69, 9.17) is 0 Å². The quantitative estimate of drug-likeness (QED) is 0.862. The van der Waals surface area contributed by atoms with Crippen molar-refractivity contribution in [2.75, 3.05) is 0 Å². The fourth-order valence-corrected chi connectivity index (χ4v) is 1.61. The third kappa shape index (κ3) is 2.35. The van der Waals surface area contributed by atoms with Crippen LogP contribution in [0.2, 0.25) is 0 Å². The molecule has 0 aliphatic carbocycles. The first-order valence-electron chi connectivity index (χ1n) is 4.51. The van der Waals surface area contributed by atoms with E-state index in [0.717, 1.165) is 9.26 Å². The van der Waals surface area contributed by atoms with Gasteiger partial charge in [0.1, 0.15) is 0 Å². The van der Waals surface area contributed by atoms with Crippen molar-refractivity contribution in [2.45, 2.75) is 13.0 Å². The van der Waals surface area contributed by atoms with Gasteiger partial charge < -0.3 is 5.11 Å². The normalized spacial score (nSPS) is 12.7. The summed E-state index contributed by atoms with van der Waals surface area (Å²) in [7, 11) is 0. The van der Waals surface area contributed by atoms with E-state index in [0.29, 0.717) is 5.69 Å². The second kappa shape index (κ2) is 4.28. The number of hydrogen-bond acceptors (Lipinski definition) is 3. The zero-order valence-electron chi connectivity index (χ0n) is 8.13. The molecule has 4 nitrogen and oxygen atoms in total. The van der Waals surface area contributed by atoms with E-state index >= 15 is 0 Å². The summed E-state index contributed by atoms with van der Waals surface area (Å²) in [5, 5.41) is 13.5. The van der Waals surface area contributed by atoms with Crippen LogP contribution < -0.4 is 0 Å². The van der Waals surface area contributed by atoms with E-state index in [9.17, 15) is 5.11 Å². The second-order valence-corrected chi connectivity index (χ2v) is 4.47. The lowest BCUT2D eigenvalue weighted by atomic mass is 10.2. The first kappa shape index (κ1) is 10.6. The van der Waals surface area contributed by atoms with Gasteiger partial charge in [0, 0.05) is 6.20 Å². The average Bonchev–Trinajstić information content (AvgIpc) is 2.65. The molecular weight excluding hydrogens is 305 g/mol. The molecule has 0 spiro atoms. The smallest absolute Gasteiger partial charge is 0.0931 e. The molecule has 78 valence electrons. The number of nitrogens with zero attached hydrogens (tertiary/aromatic N) is 3. The van der Waals surface area contributed by atoms with Crippen molar-refractivity contribution >= 4 is 22.6 Å². The van der Waals surface area contributed by atoms with Gasteiger partial charge in [-0.05, 0) is 41.6 Å². The van der Waals surface area contributed by atoms with Crippen LogP contribution >= 0.6 is 22.6 Å². The van der Waals surface area contributed by atoms with Gasteiger partial charge in [0.25, 0.3) is 0 Å². The fourth-order valence-electron chi connectivity index (χ4n) is 1.22. The Labute approximate surface area is 101 Å². The molecule has 0 saturated heterocycles. The predicted molar refractivity (Wildman–Crippen MR) is 64.7 cm³/mol. The van der Waals surface area contributed by atoms with Gasteiger partial charge >= 0.3 is 0 Å². The zero-order chi connectivity index (χ0) is 10.8. The van der Waals surface area contributed by atoms with E-state index in [1.807, 2.05) is 12.3 Å². The molecule has 0 fully saturated rings. The molecule has 0 amide bonds. The highest BCUT2D eigenvalue weighted by atomic mass is 127. The highest BCUT2D eigenvalue weighted by Crippen LogP contribution is 2.12. The lowest BCUT2D eigenvalue weighted by molar-refractivity contribution is 0.194. The van der Waals surface area contributed by atoms with Crippen LogP contribution in [0.3, 0.4) is 0 Å². The Morgan fingerprint density at radius 3 is 2.67 bits per heavy atom. The molecular formula is C10H10IN3O. The Hall–Kier alpha value is -0.950. The van der Waals surface area contributed by atoms with Gasteiger partial charge in [-0.15, -0.1) is 0 Å². The minimum absolute atomic E-state index is 0.531. The first-order chi connectivity index (χ1) is 7.16. The van der Waals surface area contributed by atoms with Crippen molar-refractivity contribution in [1.82, 2.24) is 14.8 Å². The number of hydrogen-bond donors (Lipinski definition) is 1. The van der Waals surface area contributed by atoms with Crippen molar-refractivity contribution in [3.8, 4) is 5.69 Å². The highest BCUT2D eigenvalue weighted by Gasteiger charge is 2.03. The SMILES string of the molecule is C[C@@H](O)c1ccc(-n2cc(I)cn2)cn1. The molecule has 0 unspecified atom stereocenters. The Kier molecular flexibility index (Phi) is 3.01. The lowest BCUT2D eigenvalue weighted by Crippen LogP contribution is -1.99. The number of pyridine rings is 1. The van der Waals surface area contributed by atoms with Crippen LogP contribution in [0.25, 0.3) is 5.69 Å². The summed E-state index contributed by atoms with van der Waals surface area (Å²) in [4.78, 5) is 4.15. The van der Waals surface area contributed by atoms with Gasteiger partial charge in [-0.1, -0.05) is 0 Å². The van der Waals surface area contributed by atoms with E-state index in [1.54, 1.807) is 30.1 Å². The van der Waals surface area contributed by atoms with Crippen LogP contribution in [0.4, 0.5) is 0 Å². The van der Waals surface area contributed by atoms with Crippen LogP contribution in [-0.2, 0) is 0 Å². The number of aromatic nitrogens is 3. The van der Waals surface area contributed by atoms with Crippen molar-refractivity contribution < 1.29 is 5.11 Å². The van der Waals surface area contributed by atoms with Crippen LogP contribution in [0.15, 0.2) is 30.7 Å². The standard InChI is InChI=1S/C10H10IN3O/c1-7(15)10-3-2-9(5-12-10)14-6-8(11)4-13-14/h2-7,15H,1H3/t7-/m1/s1. The summed E-state index contributed by atoms with van der Waals surface area (Å²) in [5.41, 5.74) is 1.56. The van der Waals surface area contributed by atoms with Gasteiger partial charge in [0.15, 0.2) is 0 Å². The van der Waals surface area contributed by atoms with Gasteiger partial charge in [0.2, 0.25) is 0 Å². The molecule has 0 bridgehead atoms. The van der Waals surface area contributed by atoms with Gasteiger partial charge in [-0.25, -0.2) is 4.68 Å². The monoisotopic (exact) mass is 315 g/mol. The number of aliphatic hydroxyl groups excluding tert-OH is 1.